The Morgan fingerprint density at radius 2 is 1.92 bits per heavy atom. The Morgan fingerprint density at radius 1 is 1.19 bits per heavy atom. The molecule has 1 aromatic heterocycles. The minimum atomic E-state index is -3.32. The van der Waals surface area contributed by atoms with Crippen LogP contribution in [0.5, 0.6) is 0 Å². The van der Waals surface area contributed by atoms with Crippen LogP contribution in [-0.4, -0.2) is 55.4 Å². The number of likely N-dealkylation sites (N-methyl/N-ethyl adjacent to an activating group) is 1. The van der Waals surface area contributed by atoms with E-state index in [1.807, 2.05) is 4.57 Å². The summed E-state index contributed by atoms with van der Waals surface area (Å²) in [7, 11) is -1.24. The summed E-state index contributed by atoms with van der Waals surface area (Å²) in [6.45, 7) is 3.21. The third kappa shape index (κ3) is 5.30. The third-order valence-corrected chi connectivity index (χ3v) is 6.61. The summed E-state index contributed by atoms with van der Waals surface area (Å²) >= 11 is 0. The predicted octanol–water partition coefficient (Wildman–Crippen LogP) is 2.87. The average Bonchev–Trinajstić information content (AvgIpc) is 2.99. The summed E-state index contributed by atoms with van der Waals surface area (Å²) < 4.78 is 32.2. The Labute approximate surface area is 157 Å². The SMILES string of the molecule is CN(Cc1cnc(S(C)(=O)=O)n1CC1CCCCC1)CC1CCCCO1. The first-order valence-electron chi connectivity index (χ1n) is 9.98. The van der Waals surface area contributed by atoms with E-state index in [0.717, 1.165) is 38.2 Å². The van der Waals surface area contributed by atoms with Crippen molar-refractivity contribution >= 4 is 9.84 Å². The molecule has 7 heteroatoms. The van der Waals surface area contributed by atoms with Crippen LogP contribution in [0.1, 0.15) is 57.1 Å². The first-order chi connectivity index (χ1) is 12.4. The molecule has 3 rings (SSSR count). The molecule has 1 atom stereocenters. The highest BCUT2D eigenvalue weighted by molar-refractivity contribution is 7.90. The van der Waals surface area contributed by atoms with Gasteiger partial charge in [-0.15, -0.1) is 0 Å². The van der Waals surface area contributed by atoms with Crippen molar-refractivity contribution in [2.45, 2.75) is 75.7 Å². The maximum atomic E-state index is 12.2. The van der Waals surface area contributed by atoms with E-state index in [-0.39, 0.29) is 11.3 Å². The van der Waals surface area contributed by atoms with E-state index >= 15 is 0 Å². The highest BCUT2D eigenvalue weighted by Crippen LogP contribution is 2.27. The highest BCUT2D eigenvalue weighted by atomic mass is 32.2. The van der Waals surface area contributed by atoms with Crippen molar-refractivity contribution in [1.29, 1.82) is 0 Å². The fraction of sp³-hybridized carbons (Fsp3) is 0.842. The van der Waals surface area contributed by atoms with Gasteiger partial charge >= 0.3 is 0 Å². The summed E-state index contributed by atoms with van der Waals surface area (Å²) in [6.07, 6.45) is 13.0. The maximum absolute atomic E-state index is 12.2. The molecule has 0 bridgehead atoms. The second-order valence-corrected chi connectivity index (χ2v) is 10.0. The van der Waals surface area contributed by atoms with Gasteiger partial charge in [0.2, 0.25) is 15.0 Å². The summed E-state index contributed by atoms with van der Waals surface area (Å²) in [4.78, 5) is 6.50. The van der Waals surface area contributed by atoms with Gasteiger partial charge in [0, 0.05) is 32.5 Å². The number of ether oxygens (including phenoxy) is 1. The molecule has 2 heterocycles. The predicted molar refractivity (Wildman–Crippen MR) is 102 cm³/mol. The fourth-order valence-electron chi connectivity index (χ4n) is 4.28. The highest BCUT2D eigenvalue weighted by Gasteiger charge is 2.24. The molecule has 0 N–H and O–H groups in total. The van der Waals surface area contributed by atoms with Gasteiger partial charge in [0.05, 0.1) is 18.0 Å². The molecule has 6 nitrogen and oxygen atoms in total. The fourth-order valence-corrected chi connectivity index (χ4v) is 5.11. The van der Waals surface area contributed by atoms with Gasteiger partial charge in [-0.2, -0.15) is 0 Å². The normalized spacial score (nSPS) is 22.8. The van der Waals surface area contributed by atoms with Crippen molar-refractivity contribution in [2.24, 2.45) is 5.92 Å². The topological polar surface area (TPSA) is 64.4 Å². The Balaban J connectivity index is 1.71. The summed E-state index contributed by atoms with van der Waals surface area (Å²) in [5.74, 6) is 0.559. The zero-order chi connectivity index (χ0) is 18.6. The van der Waals surface area contributed by atoms with Crippen LogP contribution in [0.2, 0.25) is 0 Å². The van der Waals surface area contributed by atoms with E-state index in [1.54, 1.807) is 6.20 Å². The molecule has 2 fully saturated rings. The molecule has 26 heavy (non-hydrogen) atoms. The monoisotopic (exact) mass is 383 g/mol. The second kappa shape index (κ2) is 8.85. The minimum Gasteiger partial charge on any atom is -0.377 e. The number of hydrogen-bond donors (Lipinski definition) is 0. The zero-order valence-electron chi connectivity index (χ0n) is 16.2. The van der Waals surface area contributed by atoms with Gasteiger partial charge in [0.1, 0.15) is 0 Å². The van der Waals surface area contributed by atoms with E-state index in [2.05, 4.69) is 16.9 Å². The van der Waals surface area contributed by atoms with Crippen molar-refractivity contribution in [2.75, 3.05) is 26.5 Å². The number of hydrogen-bond acceptors (Lipinski definition) is 5. The molecule has 0 spiro atoms. The summed E-state index contributed by atoms with van der Waals surface area (Å²) in [5.41, 5.74) is 0.995. The number of imidazole rings is 1. The number of aromatic nitrogens is 2. The Bertz CT molecular complexity index is 674. The lowest BCUT2D eigenvalue weighted by molar-refractivity contribution is -0.00294. The molecule has 1 aromatic rings. The number of rotatable bonds is 7. The molecule has 2 aliphatic rings. The zero-order valence-corrected chi connectivity index (χ0v) is 17.0. The Hall–Kier alpha value is -0.920. The van der Waals surface area contributed by atoms with Crippen LogP contribution in [0.3, 0.4) is 0 Å². The van der Waals surface area contributed by atoms with Crippen LogP contribution in [0.4, 0.5) is 0 Å². The van der Waals surface area contributed by atoms with Gasteiger partial charge in [0.15, 0.2) is 0 Å². The number of sulfone groups is 1. The van der Waals surface area contributed by atoms with E-state index in [9.17, 15) is 8.42 Å². The molecule has 0 radical (unpaired) electrons. The van der Waals surface area contributed by atoms with Crippen molar-refractivity contribution in [1.82, 2.24) is 14.5 Å². The molecule has 1 unspecified atom stereocenters. The third-order valence-electron chi connectivity index (χ3n) is 5.62. The van der Waals surface area contributed by atoms with Crippen LogP contribution in [0.25, 0.3) is 0 Å². The maximum Gasteiger partial charge on any atom is 0.227 e. The summed E-state index contributed by atoms with van der Waals surface area (Å²) in [6, 6.07) is 0. The Morgan fingerprint density at radius 3 is 2.58 bits per heavy atom. The lowest BCUT2D eigenvalue weighted by Crippen LogP contribution is -2.33. The first-order valence-corrected chi connectivity index (χ1v) is 11.9. The van der Waals surface area contributed by atoms with Gasteiger partial charge in [-0.1, -0.05) is 19.3 Å². The molecule has 1 saturated carbocycles. The van der Waals surface area contributed by atoms with Gasteiger partial charge in [-0.25, -0.2) is 13.4 Å². The molecule has 148 valence electrons. The average molecular weight is 384 g/mol. The van der Waals surface area contributed by atoms with Crippen LogP contribution in [0, 0.1) is 5.92 Å². The minimum absolute atomic E-state index is 0.223. The smallest absolute Gasteiger partial charge is 0.227 e. The van der Waals surface area contributed by atoms with Crippen LogP contribution >= 0.6 is 0 Å². The van der Waals surface area contributed by atoms with Crippen molar-refractivity contribution in [3.63, 3.8) is 0 Å². The van der Waals surface area contributed by atoms with Gasteiger partial charge < -0.3 is 9.30 Å². The van der Waals surface area contributed by atoms with E-state index in [0.29, 0.717) is 12.5 Å². The van der Waals surface area contributed by atoms with E-state index < -0.39 is 9.84 Å². The molecular formula is C19H33N3O3S. The summed E-state index contributed by atoms with van der Waals surface area (Å²) in [5, 5.41) is 0.223. The van der Waals surface area contributed by atoms with Gasteiger partial charge in [0.25, 0.3) is 0 Å². The lowest BCUT2D eigenvalue weighted by atomic mass is 9.89. The van der Waals surface area contributed by atoms with E-state index in [4.69, 9.17) is 4.74 Å². The van der Waals surface area contributed by atoms with Crippen molar-refractivity contribution in [3.05, 3.63) is 11.9 Å². The van der Waals surface area contributed by atoms with Gasteiger partial charge in [-0.3, -0.25) is 4.90 Å². The molecule has 1 aliphatic heterocycles. The molecular weight excluding hydrogens is 350 g/mol. The second-order valence-electron chi connectivity index (χ2n) is 8.10. The van der Waals surface area contributed by atoms with Gasteiger partial charge in [-0.05, 0) is 45.1 Å². The standard InChI is InChI=1S/C19H33N3O3S/c1-21(15-18-10-6-7-11-25-18)14-17-12-20-19(26(2,23)24)22(17)13-16-8-4-3-5-9-16/h12,16,18H,3-11,13-15H2,1-2H3. The molecule has 1 saturated heterocycles. The van der Waals surface area contributed by atoms with E-state index in [1.165, 1.54) is 44.8 Å². The lowest BCUT2D eigenvalue weighted by Gasteiger charge is -2.28. The molecule has 0 amide bonds. The first kappa shape index (κ1) is 19.8. The van der Waals surface area contributed by atoms with Crippen molar-refractivity contribution < 1.29 is 13.2 Å². The van der Waals surface area contributed by atoms with Crippen LogP contribution in [0.15, 0.2) is 11.4 Å². The quantitative estimate of drug-likeness (QED) is 0.724. The van der Waals surface area contributed by atoms with Crippen LogP contribution in [-0.2, 0) is 27.7 Å². The van der Waals surface area contributed by atoms with Crippen molar-refractivity contribution in [3.8, 4) is 0 Å². The molecule has 1 aliphatic carbocycles. The largest absolute Gasteiger partial charge is 0.377 e. The molecule has 0 aromatic carbocycles. The Kier molecular flexibility index (Phi) is 6.75. The number of nitrogens with zero attached hydrogens (tertiary/aromatic N) is 3. The van der Waals surface area contributed by atoms with Crippen LogP contribution < -0.4 is 0 Å².